The lowest BCUT2D eigenvalue weighted by Gasteiger charge is -2.35. The van der Waals surface area contributed by atoms with Gasteiger partial charge in [-0.2, -0.15) is 0 Å². The quantitative estimate of drug-likeness (QED) is 0.696. The van der Waals surface area contributed by atoms with E-state index in [1.165, 1.54) is 0 Å². The molecule has 0 aromatic heterocycles. The van der Waals surface area contributed by atoms with Gasteiger partial charge in [0.2, 0.25) is 5.91 Å². The van der Waals surface area contributed by atoms with Crippen molar-refractivity contribution in [2.75, 3.05) is 19.6 Å². The summed E-state index contributed by atoms with van der Waals surface area (Å²) in [6, 6.07) is 5.32. The van der Waals surface area contributed by atoms with Crippen molar-refractivity contribution in [2.45, 2.75) is 52.7 Å². The molecule has 5 nitrogen and oxygen atoms in total. The van der Waals surface area contributed by atoms with Crippen molar-refractivity contribution in [3.63, 3.8) is 0 Å². The largest absolute Gasteiger partial charge is 0.444 e. The van der Waals surface area contributed by atoms with E-state index in [0.29, 0.717) is 49.1 Å². The maximum Gasteiger partial charge on any atom is 0.410 e. The molecule has 0 N–H and O–H groups in total. The number of nitrogens with zero attached hydrogens (tertiary/aromatic N) is 2. The summed E-state index contributed by atoms with van der Waals surface area (Å²) >= 11 is 12.2. The number of halogens is 2. The molecule has 27 heavy (non-hydrogen) atoms. The number of benzene rings is 1. The van der Waals surface area contributed by atoms with Crippen molar-refractivity contribution in [1.82, 2.24) is 9.80 Å². The first-order chi connectivity index (χ1) is 12.6. The summed E-state index contributed by atoms with van der Waals surface area (Å²) in [7, 11) is 0. The van der Waals surface area contributed by atoms with E-state index < -0.39 is 5.60 Å². The summed E-state index contributed by atoms with van der Waals surface area (Å²) in [5.74, 6) is 0.0158. The monoisotopic (exact) mass is 414 g/mol. The number of ether oxygens (including phenoxy) is 1. The smallest absolute Gasteiger partial charge is 0.410 e. The zero-order valence-electron chi connectivity index (χ0n) is 16.4. The molecule has 1 fully saturated rings. The van der Waals surface area contributed by atoms with Crippen LogP contribution in [0, 0.1) is 5.92 Å². The van der Waals surface area contributed by atoms with Gasteiger partial charge in [0.15, 0.2) is 0 Å². The average molecular weight is 415 g/mol. The van der Waals surface area contributed by atoms with E-state index in [1.807, 2.05) is 38.7 Å². The van der Waals surface area contributed by atoms with Gasteiger partial charge in [-0.15, -0.1) is 0 Å². The number of piperidine rings is 1. The van der Waals surface area contributed by atoms with Gasteiger partial charge in [0.25, 0.3) is 0 Å². The van der Waals surface area contributed by atoms with E-state index in [9.17, 15) is 9.59 Å². The lowest BCUT2D eigenvalue weighted by Crippen LogP contribution is -2.45. The van der Waals surface area contributed by atoms with Crippen LogP contribution in [0.25, 0.3) is 0 Å². The molecule has 1 aromatic carbocycles. The minimum atomic E-state index is -0.513. The van der Waals surface area contributed by atoms with E-state index >= 15 is 0 Å². The highest BCUT2D eigenvalue weighted by atomic mass is 35.5. The molecule has 0 radical (unpaired) electrons. The fourth-order valence-corrected chi connectivity index (χ4v) is 3.56. The Hall–Kier alpha value is -1.46. The second-order valence-corrected chi connectivity index (χ2v) is 8.67. The van der Waals surface area contributed by atoms with Gasteiger partial charge in [0.1, 0.15) is 5.60 Å². The fraction of sp³-hybridized carbons (Fsp3) is 0.600. The Morgan fingerprint density at radius 1 is 1.22 bits per heavy atom. The van der Waals surface area contributed by atoms with Crippen molar-refractivity contribution in [2.24, 2.45) is 5.92 Å². The summed E-state index contributed by atoms with van der Waals surface area (Å²) in [5, 5.41) is 1.14. The SMILES string of the molecule is CCN(Cc1ccc(Cl)cc1Cl)C(=O)C1CCN(C(=O)OC(C)(C)C)CC1. The van der Waals surface area contributed by atoms with Gasteiger partial charge < -0.3 is 14.5 Å². The van der Waals surface area contributed by atoms with Gasteiger partial charge in [0, 0.05) is 42.1 Å². The van der Waals surface area contributed by atoms with Gasteiger partial charge >= 0.3 is 6.09 Å². The fourth-order valence-electron chi connectivity index (χ4n) is 3.09. The Kier molecular flexibility index (Phi) is 7.40. The first-order valence-electron chi connectivity index (χ1n) is 9.31. The number of carbonyl (C=O) groups excluding carboxylic acids is 2. The van der Waals surface area contributed by atoms with E-state index in [1.54, 1.807) is 17.0 Å². The maximum absolute atomic E-state index is 12.9. The van der Waals surface area contributed by atoms with Crippen LogP contribution in [0.15, 0.2) is 18.2 Å². The van der Waals surface area contributed by atoms with Crippen LogP contribution in [0.4, 0.5) is 4.79 Å². The molecule has 150 valence electrons. The average Bonchev–Trinajstić information content (AvgIpc) is 2.59. The molecule has 1 heterocycles. The van der Waals surface area contributed by atoms with Gasteiger partial charge in [-0.1, -0.05) is 29.3 Å². The Bertz CT molecular complexity index is 680. The van der Waals surface area contributed by atoms with Crippen LogP contribution in [-0.4, -0.2) is 47.0 Å². The molecule has 2 amide bonds. The zero-order chi connectivity index (χ0) is 20.2. The van der Waals surface area contributed by atoms with Crippen LogP contribution in [0.1, 0.15) is 46.1 Å². The van der Waals surface area contributed by atoms with Crippen molar-refractivity contribution in [3.8, 4) is 0 Å². The van der Waals surface area contributed by atoms with Gasteiger partial charge in [-0.05, 0) is 58.2 Å². The lowest BCUT2D eigenvalue weighted by molar-refractivity contribution is -0.137. The maximum atomic E-state index is 12.9. The number of hydrogen-bond acceptors (Lipinski definition) is 3. The Balaban J connectivity index is 1.94. The van der Waals surface area contributed by atoms with Crippen LogP contribution < -0.4 is 0 Å². The number of likely N-dealkylation sites (tertiary alicyclic amines) is 1. The molecule has 0 aliphatic carbocycles. The molecule has 0 bridgehead atoms. The molecule has 1 aliphatic heterocycles. The highest BCUT2D eigenvalue weighted by Crippen LogP contribution is 2.25. The minimum absolute atomic E-state index is 0.0882. The first-order valence-corrected chi connectivity index (χ1v) is 10.1. The van der Waals surface area contributed by atoms with Crippen LogP contribution >= 0.6 is 23.2 Å². The Morgan fingerprint density at radius 3 is 2.37 bits per heavy atom. The molecule has 0 spiro atoms. The molecular weight excluding hydrogens is 387 g/mol. The molecule has 0 unspecified atom stereocenters. The van der Waals surface area contributed by atoms with Crippen molar-refractivity contribution >= 4 is 35.2 Å². The van der Waals surface area contributed by atoms with Gasteiger partial charge in [-0.25, -0.2) is 4.79 Å². The van der Waals surface area contributed by atoms with Crippen molar-refractivity contribution < 1.29 is 14.3 Å². The topological polar surface area (TPSA) is 49.9 Å². The number of rotatable bonds is 4. The van der Waals surface area contributed by atoms with Gasteiger partial charge in [-0.3, -0.25) is 4.79 Å². The third-order valence-electron chi connectivity index (χ3n) is 4.57. The molecule has 1 aromatic rings. The van der Waals surface area contributed by atoms with E-state index in [2.05, 4.69) is 0 Å². The summed E-state index contributed by atoms with van der Waals surface area (Å²) in [6.07, 6.45) is 0.972. The van der Waals surface area contributed by atoms with Crippen molar-refractivity contribution in [1.29, 1.82) is 0 Å². The minimum Gasteiger partial charge on any atom is -0.444 e. The summed E-state index contributed by atoms with van der Waals surface area (Å²) in [6.45, 7) is 9.63. The summed E-state index contributed by atoms with van der Waals surface area (Å²) in [4.78, 5) is 28.6. The highest BCUT2D eigenvalue weighted by Gasteiger charge is 2.31. The normalized spacial score (nSPS) is 15.6. The van der Waals surface area contributed by atoms with E-state index in [4.69, 9.17) is 27.9 Å². The molecule has 1 saturated heterocycles. The molecule has 7 heteroatoms. The van der Waals surface area contributed by atoms with Crippen LogP contribution in [0.5, 0.6) is 0 Å². The van der Waals surface area contributed by atoms with Crippen molar-refractivity contribution in [3.05, 3.63) is 33.8 Å². The second-order valence-electron chi connectivity index (χ2n) is 7.83. The Morgan fingerprint density at radius 2 is 1.85 bits per heavy atom. The van der Waals surface area contributed by atoms with Crippen LogP contribution in [0.2, 0.25) is 10.0 Å². The second kappa shape index (κ2) is 9.16. The first kappa shape index (κ1) is 21.8. The van der Waals surface area contributed by atoms with Crippen LogP contribution in [0.3, 0.4) is 0 Å². The molecule has 1 aliphatic rings. The van der Waals surface area contributed by atoms with Gasteiger partial charge in [0.05, 0.1) is 0 Å². The summed E-state index contributed by atoms with van der Waals surface area (Å²) in [5.41, 5.74) is 0.364. The summed E-state index contributed by atoms with van der Waals surface area (Å²) < 4.78 is 5.41. The lowest BCUT2D eigenvalue weighted by atomic mass is 9.95. The molecule has 2 rings (SSSR count). The number of amides is 2. The predicted octanol–water partition coefficient (Wildman–Crippen LogP) is 4.99. The molecular formula is C20H28Cl2N2O3. The van der Waals surface area contributed by atoms with Crippen LogP contribution in [-0.2, 0) is 16.1 Å². The number of hydrogen-bond donors (Lipinski definition) is 0. The standard InChI is InChI=1S/C20H28Cl2N2O3/c1-5-23(13-15-6-7-16(21)12-17(15)22)18(25)14-8-10-24(11-9-14)19(26)27-20(2,3)4/h6-7,12,14H,5,8-11,13H2,1-4H3. The third kappa shape index (κ3) is 6.28. The predicted molar refractivity (Wildman–Crippen MR) is 108 cm³/mol. The van der Waals surface area contributed by atoms with E-state index in [0.717, 1.165) is 5.56 Å². The number of carbonyl (C=O) groups is 2. The highest BCUT2D eigenvalue weighted by molar-refractivity contribution is 6.35. The Labute approximate surface area is 171 Å². The third-order valence-corrected chi connectivity index (χ3v) is 5.15. The zero-order valence-corrected chi connectivity index (χ0v) is 17.9. The van der Waals surface area contributed by atoms with E-state index in [-0.39, 0.29) is 17.9 Å². The molecule has 0 saturated carbocycles. The molecule has 0 atom stereocenters.